The Labute approximate surface area is 56.3 Å². The lowest BCUT2D eigenvalue weighted by Crippen LogP contribution is -1.87. The van der Waals surface area contributed by atoms with Gasteiger partial charge in [0.05, 0.1) is 0 Å². The van der Waals surface area contributed by atoms with Crippen molar-refractivity contribution >= 4 is 16.1 Å². The molecule has 1 heterocycles. The van der Waals surface area contributed by atoms with E-state index in [1.54, 1.807) is 11.4 Å². The summed E-state index contributed by atoms with van der Waals surface area (Å²) in [6.45, 7) is 1.87. The summed E-state index contributed by atoms with van der Waals surface area (Å²) in [6.07, 6.45) is 3.27. The summed E-state index contributed by atoms with van der Waals surface area (Å²) in [7, 11) is -1.04. The largest absolute Gasteiger partial charge is 0.501 e. The number of hydrogen-bond acceptors (Lipinski definition) is 2. The molecule has 0 spiro atoms. The first-order chi connectivity index (χ1) is 4.20. The predicted octanol–water partition coefficient (Wildman–Crippen LogP) is 1.89. The molecule has 1 atom stereocenters. The van der Waals surface area contributed by atoms with Crippen molar-refractivity contribution in [3.05, 3.63) is 22.8 Å². The average molecular weight is 144 g/mol. The molecular formula is C6H8O2S. The van der Waals surface area contributed by atoms with Crippen molar-refractivity contribution in [3.63, 3.8) is 0 Å². The highest BCUT2D eigenvalue weighted by Gasteiger charge is 1.99. The van der Waals surface area contributed by atoms with E-state index in [0.717, 1.165) is 5.57 Å². The van der Waals surface area contributed by atoms with Crippen LogP contribution in [0, 0.1) is 0 Å². The molecule has 0 saturated carbocycles. The lowest BCUT2D eigenvalue weighted by molar-refractivity contribution is 0.447. The van der Waals surface area contributed by atoms with Crippen LogP contribution in [-0.2, 0) is 0 Å². The van der Waals surface area contributed by atoms with Crippen LogP contribution in [0.15, 0.2) is 22.8 Å². The summed E-state index contributed by atoms with van der Waals surface area (Å²) in [6, 6.07) is 0. The number of rotatable bonds is 0. The molecule has 0 aromatic rings. The van der Waals surface area contributed by atoms with Crippen molar-refractivity contribution in [3.8, 4) is 0 Å². The first-order valence-electron chi connectivity index (χ1n) is 2.55. The molecule has 1 aliphatic rings. The summed E-state index contributed by atoms with van der Waals surface area (Å²) in [4.78, 5) is 0. The quantitative estimate of drug-likeness (QED) is 0.510. The van der Waals surface area contributed by atoms with E-state index in [2.05, 4.69) is 0 Å². The van der Waals surface area contributed by atoms with Crippen molar-refractivity contribution in [1.29, 1.82) is 0 Å². The zero-order chi connectivity index (χ0) is 6.85. The van der Waals surface area contributed by atoms with Crippen molar-refractivity contribution < 1.29 is 9.66 Å². The Morgan fingerprint density at radius 2 is 2.11 bits per heavy atom. The van der Waals surface area contributed by atoms with Crippen LogP contribution in [0.5, 0.6) is 0 Å². The molecule has 9 heavy (non-hydrogen) atoms. The maximum Gasteiger partial charge on any atom is 0.169 e. The van der Waals surface area contributed by atoms with Crippen LogP contribution in [0.2, 0.25) is 0 Å². The molecule has 1 unspecified atom stereocenters. The summed E-state index contributed by atoms with van der Waals surface area (Å²) < 4.78 is 8.96. The van der Waals surface area contributed by atoms with Crippen LogP contribution < -0.4 is 0 Å². The van der Waals surface area contributed by atoms with E-state index in [9.17, 15) is 0 Å². The Morgan fingerprint density at radius 3 is 2.56 bits per heavy atom. The fourth-order valence-corrected chi connectivity index (χ4v) is 1.31. The smallest absolute Gasteiger partial charge is 0.169 e. The molecule has 0 aromatic heterocycles. The average Bonchev–Trinajstić information content (AvgIpc) is 1.80. The number of hydrogen-bond donors (Lipinski definition) is 2. The lowest BCUT2D eigenvalue weighted by Gasteiger charge is -2.03. The zero-order valence-electron chi connectivity index (χ0n) is 5.03. The molecule has 0 aromatic carbocycles. The van der Waals surface area contributed by atoms with Gasteiger partial charge in [-0.2, -0.15) is 0 Å². The van der Waals surface area contributed by atoms with Gasteiger partial charge in [0.2, 0.25) is 0 Å². The second kappa shape index (κ2) is 2.37. The molecule has 0 fully saturated rings. The van der Waals surface area contributed by atoms with Gasteiger partial charge in [0.1, 0.15) is 0 Å². The van der Waals surface area contributed by atoms with Crippen molar-refractivity contribution in [2.45, 2.75) is 6.92 Å². The minimum atomic E-state index is -1.04. The molecule has 0 radical (unpaired) electrons. The van der Waals surface area contributed by atoms with Crippen molar-refractivity contribution in [2.75, 3.05) is 0 Å². The van der Waals surface area contributed by atoms with Gasteiger partial charge in [-0.15, -0.1) is 0 Å². The lowest BCUT2D eigenvalue weighted by atomic mass is 10.3. The van der Waals surface area contributed by atoms with E-state index in [-0.39, 0.29) is 5.09 Å². The van der Waals surface area contributed by atoms with Gasteiger partial charge in [-0.3, -0.25) is 0 Å². The van der Waals surface area contributed by atoms with E-state index in [0.29, 0.717) is 0 Å². The minimum absolute atomic E-state index is 0.0422. The van der Waals surface area contributed by atoms with E-state index in [1.807, 2.05) is 6.92 Å². The summed E-state index contributed by atoms with van der Waals surface area (Å²) >= 11 is 0. The molecule has 0 amide bonds. The second-order valence-corrected chi connectivity index (χ2v) is 3.13. The van der Waals surface area contributed by atoms with Crippen LogP contribution in [0.1, 0.15) is 6.92 Å². The molecule has 0 saturated heterocycles. The van der Waals surface area contributed by atoms with Gasteiger partial charge in [0.15, 0.2) is 5.09 Å². The Bertz CT molecular complexity index is 213. The first-order valence-corrected chi connectivity index (χ1v) is 3.79. The fourth-order valence-electron chi connectivity index (χ4n) is 0.548. The number of aliphatic hydroxyl groups excluding tert-OH is 1. The summed E-state index contributed by atoms with van der Waals surface area (Å²) in [5, 5.41) is 10.5. The van der Waals surface area contributed by atoms with Crippen LogP contribution in [0.25, 0.3) is 0 Å². The van der Waals surface area contributed by atoms with E-state index in [1.165, 1.54) is 6.08 Å². The third-order valence-electron chi connectivity index (χ3n) is 1.00. The topological polar surface area (TPSA) is 40.5 Å². The maximum absolute atomic E-state index is 8.96. The van der Waals surface area contributed by atoms with Gasteiger partial charge < -0.3 is 9.66 Å². The molecule has 0 aliphatic carbocycles. The number of allylic oxidation sites excluding steroid dienone is 3. The molecule has 0 bridgehead atoms. The van der Waals surface area contributed by atoms with Gasteiger partial charge in [-0.25, -0.2) is 0 Å². The van der Waals surface area contributed by atoms with E-state index in [4.69, 9.17) is 9.66 Å². The van der Waals surface area contributed by atoms with Gasteiger partial charge in [0, 0.05) is 10.8 Å². The number of aliphatic hydroxyl groups is 1. The van der Waals surface area contributed by atoms with E-state index < -0.39 is 10.8 Å². The SMILES string of the molecule is CC1=CC=C(O)S(O)=C1. The monoisotopic (exact) mass is 144 g/mol. The highest BCUT2D eigenvalue weighted by molar-refractivity contribution is 8.13. The molecule has 3 heteroatoms. The molecule has 1 rings (SSSR count). The van der Waals surface area contributed by atoms with E-state index >= 15 is 0 Å². The van der Waals surface area contributed by atoms with Gasteiger partial charge in [0.25, 0.3) is 0 Å². The third kappa shape index (κ3) is 1.43. The molecule has 50 valence electrons. The Hall–Kier alpha value is -0.540. The molecule has 1 aliphatic heterocycles. The minimum Gasteiger partial charge on any atom is -0.501 e. The maximum atomic E-state index is 8.96. The normalized spacial score (nSPS) is 26.2. The summed E-state index contributed by atoms with van der Waals surface area (Å²) in [5.41, 5.74) is 0.985. The van der Waals surface area contributed by atoms with Crippen molar-refractivity contribution in [1.82, 2.24) is 0 Å². The highest BCUT2D eigenvalue weighted by Crippen LogP contribution is 2.21. The van der Waals surface area contributed by atoms with Gasteiger partial charge in [-0.05, 0) is 23.9 Å². The van der Waals surface area contributed by atoms with Crippen LogP contribution >= 0.6 is 10.8 Å². The molecule has 2 N–H and O–H groups in total. The Kier molecular flexibility index (Phi) is 1.73. The van der Waals surface area contributed by atoms with Crippen LogP contribution in [0.4, 0.5) is 0 Å². The summed E-state index contributed by atoms with van der Waals surface area (Å²) in [5.74, 6) is 0. The molecule has 2 nitrogen and oxygen atoms in total. The van der Waals surface area contributed by atoms with Crippen LogP contribution in [0.3, 0.4) is 0 Å². The van der Waals surface area contributed by atoms with Crippen molar-refractivity contribution in [2.24, 2.45) is 0 Å². The first kappa shape index (κ1) is 6.58. The highest BCUT2D eigenvalue weighted by atomic mass is 32.2. The predicted molar refractivity (Wildman–Crippen MR) is 40.8 cm³/mol. The Balaban J connectivity index is 2.99. The molecular weight excluding hydrogens is 136 g/mol. The third-order valence-corrected chi connectivity index (χ3v) is 2.16. The zero-order valence-corrected chi connectivity index (χ0v) is 5.85. The van der Waals surface area contributed by atoms with Gasteiger partial charge >= 0.3 is 0 Å². The second-order valence-electron chi connectivity index (χ2n) is 1.85. The van der Waals surface area contributed by atoms with Crippen LogP contribution in [-0.4, -0.2) is 15.0 Å². The Morgan fingerprint density at radius 1 is 1.44 bits per heavy atom. The fraction of sp³-hybridized carbons (Fsp3) is 0.167. The van der Waals surface area contributed by atoms with Gasteiger partial charge in [-0.1, -0.05) is 6.08 Å². The standard InChI is InChI=1S/C6H8O2S/c1-5-2-3-6(7)9(8)4-5/h2-4,7-8H,1H3.